The minimum absolute atomic E-state index is 0.162. The molecule has 132 valence electrons. The van der Waals surface area contributed by atoms with Crippen LogP contribution in [0, 0.1) is 5.41 Å². The first-order valence-corrected chi connectivity index (χ1v) is 9.05. The molecule has 2 fully saturated rings. The zero-order chi connectivity index (χ0) is 17.4. The molecular formula is C20H30N2O2. The Bertz CT molecular complexity index is 571. The number of benzene rings is 1. The summed E-state index contributed by atoms with van der Waals surface area (Å²) in [7, 11) is 0. The molecule has 0 N–H and O–H groups in total. The van der Waals surface area contributed by atoms with Gasteiger partial charge in [0.05, 0.1) is 0 Å². The van der Waals surface area contributed by atoms with E-state index in [1.807, 2.05) is 25.7 Å². The minimum atomic E-state index is -0.414. The Labute approximate surface area is 145 Å². The van der Waals surface area contributed by atoms with Crippen molar-refractivity contribution in [3.05, 3.63) is 35.9 Å². The first-order valence-electron chi connectivity index (χ1n) is 9.05. The quantitative estimate of drug-likeness (QED) is 0.824. The van der Waals surface area contributed by atoms with Crippen molar-refractivity contribution in [2.24, 2.45) is 5.41 Å². The maximum Gasteiger partial charge on any atom is 0.410 e. The summed E-state index contributed by atoms with van der Waals surface area (Å²) in [5.41, 5.74) is 1.35. The molecule has 3 rings (SSSR count). The number of hydrogen-bond acceptors (Lipinski definition) is 3. The van der Waals surface area contributed by atoms with Gasteiger partial charge in [0, 0.05) is 37.6 Å². The smallest absolute Gasteiger partial charge is 0.410 e. The highest BCUT2D eigenvalue weighted by atomic mass is 16.6. The van der Waals surface area contributed by atoms with Crippen molar-refractivity contribution in [2.75, 3.05) is 19.6 Å². The van der Waals surface area contributed by atoms with Gasteiger partial charge in [-0.1, -0.05) is 30.3 Å². The predicted octanol–water partition coefficient (Wildman–Crippen LogP) is 3.91. The largest absolute Gasteiger partial charge is 0.444 e. The molecule has 0 aromatic heterocycles. The van der Waals surface area contributed by atoms with Gasteiger partial charge in [0.15, 0.2) is 0 Å². The van der Waals surface area contributed by atoms with E-state index < -0.39 is 5.60 Å². The standard InChI is InChI=1S/C20H30N2O2/c1-16-20(15-22(16)14-17-8-6-5-7-9-17)10-12-21(13-11-20)18(23)24-19(2,3)4/h5-9,16H,10-15H2,1-4H3. The van der Waals surface area contributed by atoms with Gasteiger partial charge in [-0.2, -0.15) is 0 Å². The molecule has 1 atom stereocenters. The summed E-state index contributed by atoms with van der Waals surface area (Å²) in [6.45, 7) is 11.9. The average molecular weight is 330 g/mol. The van der Waals surface area contributed by atoms with Gasteiger partial charge in [-0.05, 0) is 46.1 Å². The molecule has 0 saturated carbocycles. The summed E-state index contributed by atoms with van der Waals surface area (Å²) >= 11 is 0. The number of rotatable bonds is 2. The molecule has 2 aliphatic heterocycles. The van der Waals surface area contributed by atoms with Crippen molar-refractivity contribution in [1.82, 2.24) is 9.80 Å². The lowest BCUT2D eigenvalue weighted by Crippen LogP contribution is -2.66. The van der Waals surface area contributed by atoms with Gasteiger partial charge in [0.25, 0.3) is 0 Å². The fourth-order valence-electron chi connectivity index (χ4n) is 4.00. The summed E-state index contributed by atoms with van der Waals surface area (Å²) in [5, 5.41) is 0. The van der Waals surface area contributed by atoms with Crippen LogP contribution in [-0.2, 0) is 11.3 Å². The molecule has 4 nitrogen and oxygen atoms in total. The van der Waals surface area contributed by atoms with Crippen molar-refractivity contribution in [1.29, 1.82) is 0 Å². The Morgan fingerprint density at radius 3 is 2.38 bits per heavy atom. The number of likely N-dealkylation sites (tertiary alicyclic amines) is 2. The van der Waals surface area contributed by atoms with E-state index in [-0.39, 0.29) is 6.09 Å². The summed E-state index contributed by atoms with van der Waals surface area (Å²) in [5.74, 6) is 0. The van der Waals surface area contributed by atoms with Crippen LogP contribution in [0.4, 0.5) is 4.79 Å². The first-order chi connectivity index (χ1) is 11.3. The van der Waals surface area contributed by atoms with Crippen molar-refractivity contribution < 1.29 is 9.53 Å². The molecule has 1 spiro atoms. The SMILES string of the molecule is CC1N(Cc2ccccc2)CC12CCN(C(=O)OC(C)(C)C)CC2. The van der Waals surface area contributed by atoms with Crippen LogP contribution in [0.1, 0.15) is 46.1 Å². The van der Waals surface area contributed by atoms with Crippen molar-refractivity contribution in [3.63, 3.8) is 0 Å². The zero-order valence-electron chi connectivity index (χ0n) is 15.4. The van der Waals surface area contributed by atoms with Crippen molar-refractivity contribution >= 4 is 6.09 Å². The van der Waals surface area contributed by atoms with E-state index in [2.05, 4.69) is 42.2 Å². The van der Waals surface area contributed by atoms with Crippen LogP contribution in [0.3, 0.4) is 0 Å². The van der Waals surface area contributed by atoms with E-state index in [4.69, 9.17) is 4.74 Å². The second-order valence-corrected chi connectivity index (χ2v) is 8.40. The van der Waals surface area contributed by atoms with Gasteiger partial charge < -0.3 is 9.64 Å². The maximum absolute atomic E-state index is 12.2. The van der Waals surface area contributed by atoms with Crippen LogP contribution in [0.25, 0.3) is 0 Å². The van der Waals surface area contributed by atoms with Crippen molar-refractivity contribution in [3.8, 4) is 0 Å². The monoisotopic (exact) mass is 330 g/mol. The van der Waals surface area contributed by atoms with Crippen LogP contribution < -0.4 is 0 Å². The van der Waals surface area contributed by atoms with Gasteiger partial charge in [-0.15, -0.1) is 0 Å². The Hall–Kier alpha value is -1.55. The van der Waals surface area contributed by atoms with Crippen LogP contribution in [0.5, 0.6) is 0 Å². The van der Waals surface area contributed by atoms with Crippen LogP contribution in [-0.4, -0.2) is 47.2 Å². The lowest BCUT2D eigenvalue weighted by atomic mass is 9.66. The zero-order valence-corrected chi connectivity index (χ0v) is 15.4. The van der Waals surface area contributed by atoms with Crippen molar-refractivity contribution in [2.45, 2.75) is 58.7 Å². The van der Waals surface area contributed by atoms with E-state index in [9.17, 15) is 4.79 Å². The Kier molecular flexibility index (Phi) is 4.60. The fraction of sp³-hybridized carbons (Fsp3) is 0.650. The molecule has 0 radical (unpaired) electrons. The third-order valence-electron chi connectivity index (χ3n) is 5.59. The lowest BCUT2D eigenvalue weighted by Gasteiger charge is -2.59. The van der Waals surface area contributed by atoms with E-state index in [0.717, 1.165) is 39.0 Å². The fourth-order valence-corrected chi connectivity index (χ4v) is 4.00. The Morgan fingerprint density at radius 1 is 1.21 bits per heavy atom. The minimum Gasteiger partial charge on any atom is -0.444 e. The lowest BCUT2D eigenvalue weighted by molar-refractivity contribution is -0.105. The normalized spacial score (nSPS) is 23.8. The number of nitrogens with zero attached hydrogens (tertiary/aromatic N) is 2. The Morgan fingerprint density at radius 2 is 1.83 bits per heavy atom. The van der Waals surface area contributed by atoms with E-state index >= 15 is 0 Å². The second kappa shape index (κ2) is 6.40. The summed E-state index contributed by atoms with van der Waals surface area (Å²) in [6, 6.07) is 11.3. The third kappa shape index (κ3) is 3.59. The van der Waals surface area contributed by atoms with Gasteiger partial charge in [0.2, 0.25) is 0 Å². The molecule has 1 aromatic carbocycles. The van der Waals surface area contributed by atoms with Crippen LogP contribution >= 0.6 is 0 Å². The molecule has 24 heavy (non-hydrogen) atoms. The summed E-state index contributed by atoms with van der Waals surface area (Å²) in [6.07, 6.45) is 2.00. The number of amides is 1. The molecule has 2 aliphatic rings. The number of piperidine rings is 1. The van der Waals surface area contributed by atoms with Gasteiger partial charge >= 0.3 is 6.09 Å². The summed E-state index contributed by atoms with van der Waals surface area (Å²) in [4.78, 5) is 16.6. The van der Waals surface area contributed by atoms with Crippen LogP contribution in [0.15, 0.2) is 30.3 Å². The second-order valence-electron chi connectivity index (χ2n) is 8.40. The molecule has 1 aromatic rings. The molecular weight excluding hydrogens is 300 g/mol. The number of hydrogen-bond donors (Lipinski definition) is 0. The van der Waals surface area contributed by atoms with Crippen LogP contribution in [0.2, 0.25) is 0 Å². The predicted molar refractivity (Wildman–Crippen MR) is 95.8 cm³/mol. The number of carbonyl (C=O) groups excluding carboxylic acids is 1. The number of ether oxygens (including phenoxy) is 1. The Balaban J connectivity index is 1.51. The van der Waals surface area contributed by atoms with E-state index in [1.54, 1.807) is 0 Å². The summed E-state index contributed by atoms with van der Waals surface area (Å²) < 4.78 is 5.50. The highest BCUT2D eigenvalue weighted by Gasteiger charge is 2.51. The highest BCUT2D eigenvalue weighted by Crippen LogP contribution is 2.46. The average Bonchev–Trinajstić information content (AvgIpc) is 2.54. The third-order valence-corrected chi connectivity index (χ3v) is 5.59. The van der Waals surface area contributed by atoms with Gasteiger partial charge in [-0.25, -0.2) is 4.79 Å². The topological polar surface area (TPSA) is 32.8 Å². The molecule has 1 unspecified atom stereocenters. The molecule has 0 aliphatic carbocycles. The first kappa shape index (κ1) is 17.3. The molecule has 2 heterocycles. The van der Waals surface area contributed by atoms with Gasteiger partial charge in [-0.3, -0.25) is 4.90 Å². The number of carbonyl (C=O) groups is 1. The molecule has 4 heteroatoms. The van der Waals surface area contributed by atoms with Gasteiger partial charge in [0.1, 0.15) is 5.60 Å². The van der Waals surface area contributed by atoms with E-state index in [1.165, 1.54) is 5.56 Å². The highest BCUT2D eigenvalue weighted by molar-refractivity contribution is 5.68. The molecule has 0 bridgehead atoms. The van der Waals surface area contributed by atoms with E-state index in [0.29, 0.717) is 11.5 Å². The maximum atomic E-state index is 12.2. The molecule has 2 saturated heterocycles. The molecule has 1 amide bonds.